The van der Waals surface area contributed by atoms with Crippen LogP contribution in [0.2, 0.25) is 0 Å². The molecule has 1 aliphatic rings. The fourth-order valence-electron chi connectivity index (χ4n) is 5.18. The van der Waals surface area contributed by atoms with E-state index in [0.717, 1.165) is 37.8 Å². The van der Waals surface area contributed by atoms with Gasteiger partial charge in [0.05, 0.1) is 0 Å². The first-order valence-electron chi connectivity index (χ1n) is 12.5. The zero-order valence-corrected chi connectivity index (χ0v) is 21.3. The molecular formula is C34H23O3P. The zero-order valence-electron chi connectivity index (χ0n) is 20.5. The molecule has 0 fully saturated rings. The van der Waals surface area contributed by atoms with Crippen molar-refractivity contribution in [2.24, 2.45) is 0 Å². The van der Waals surface area contributed by atoms with Crippen molar-refractivity contribution in [3.05, 3.63) is 140 Å². The third kappa shape index (κ3) is 3.63. The first-order chi connectivity index (χ1) is 18.7. The Bertz CT molecular complexity index is 1800. The molecule has 0 spiro atoms. The molecule has 1 heterocycles. The second-order valence-electron chi connectivity index (χ2n) is 9.28. The van der Waals surface area contributed by atoms with E-state index in [2.05, 4.69) is 24.3 Å². The van der Waals surface area contributed by atoms with Crippen molar-refractivity contribution in [3.8, 4) is 34.1 Å². The molecule has 0 saturated carbocycles. The number of ether oxygens (including phenoxy) is 2. The van der Waals surface area contributed by atoms with E-state index in [9.17, 15) is 4.57 Å². The first kappa shape index (κ1) is 22.6. The highest BCUT2D eigenvalue weighted by atomic mass is 31.2. The summed E-state index contributed by atoms with van der Waals surface area (Å²) >= 11 is 0. The molecule has 0 unspecified atom stereocenters. The minimum atomic E-state index is -3.11. The van der Waals surface area contributed by atoms with Crippen LogP contribution < -0.4 is 25.4 Å². The molecule has 0 radical (unpaired) electrons. The van der Waals surface area contributed by atoms with E-state index in [1.54, 1.807) is 0 Å². The van der Waals surface area contributed by atoms with Gasteiger partial charge in [0.2, 0.25) is 0 Å². The summed E-state index contributed by atoms with van der Waals surface area (Å²) in [6.45, 7) is 0. The van der Waals surface area contributed by atoms with Crippen molar-refractivity contribution >= 4 is 33.8 Å². The molecule has 0 aromatic heterocycles. The minimum Gasteiger partial charge on any atom is -0.449 e. The molecule has 6 aromatic carbocycles. The van der Waals surface area contributed by atoms with Gasteiger partial charge in [-0.05, 0) is 40.8 Å². The van der Waals surface area contributed by atoms with Crippen LogP contribution in [0, 0.1) is 0 Å². The van der Waals surface area contributed by atoms with Gasteiger partial charge in [0.15, 0.2) is 30.1 Å². The second-order valence-corrected chi connectivity index (χ2v) is 12.0. The molecule has 0 N–H and O–H groups in total. The van der Waals surface area contributed by atoms with Gasteiger partial charge >= 0.3 is 0 Å². The summed E-state index contributed by atoms with van der Waals surface area (Å²) in [5.41, 5.74) is 1.97. The summed E-state index contributed by atoms with van der Waals surface area (Å²) in [7, 11) is -3.11. The van der Waals surface area contributed by atoms with Crippen LogP contribution in [0.3, 0.4) is 0 Å². The van der Waals surface area contributed by atoms with Crippen LogP contribution in [0.5, 0.6) is 23.0 Å². The lowest BCUT2D eigenvalue weighted by Crippen LogP contribution is -2.25. The summed E-state index contributed by atoms with van der Waals surface area (Å²) < 4.78 is 27.6. The second kappa shape index (κ2) is 9.06. The molecule has 0 aliphatic carbocycles. The molecule has 0 bridgehead atoms. The zero-order chi connectivity index (χ0) is 25.5. The van der Waals surface area contributed by atoms with Gasteiger partial charge in [-0.3, -0.25) is 0 Å². The van der Waals surface area contributed by atoms with Crippen molar-refractivity contribution in [1.29, 1.82) is 0 Å². The Balaban J connectivity index is 1.43. The van der Waals surface area contributed by atoms with E-state index >= 15 is 0 Å². The molecule has 0 saturated heterocycles. The fourth-order valence-corrected chi connectivity index (χ4v) is 7.88. The van der Waals surface area contributed by atoms with E-state index in [4.69, 9.17) is 9.47 Å². The predicted molar refractivity (Wildman–Crippen MR) is 155 cm³/mol. The highest BCUT2D eigenvalue weighted by molar-refractivity contribution is 7.85. The summed E-state index contributed by atoms with van der Waals surface area (Å²) in [6.07, 6.45) is 0. The van der Waals surface area contributed by atoms with Crippen LogP contribution in [-0.4, -0.2) is 0 Å². The van der Waals surface area contributed by atoms with Gasteiger partial charge in [0, 0.05) is 21.3 Å². The van der Waals surface area contributed by atoms with Crippen LogP contribution in [-0.2, 0) is 4.57 Å². The van der Waals surface area contributed by atoms with Gasteiger partial charge in [-0.25, -0.2) is 0 Å². The standard InChI is InChI=1S/C34H23O3P/c35-38(25-13-3-1-4-14-25,26-15-5-2-6-16-26)27-17-11-12-24(22-27)30-23-33-34(29-19-8-7-18-28(29)30)37-32-21-10-9-20-31(32)36-33/h1-23H. The number of hydrogen-bond acceptors (Lipinski definition) is 3. The van der Waals surface area contributed by atoms with E-state index in [1.807, 2.05) is 115 Å². The molecule has 1 aliphatic heterocycles. The van der Waals surface area contributed by atoms with Gasteiger partial charge in [0.25, 0.3) is 0 Å². The van der Waals surface area contributed by atoms with E-state index in [0.29, 0.717) is 23.0 Å². The molecule has 4 heteroatoms. The van der Waals surface area contributed by atoms with Crippen molar-refractivity contribution in [3.63, 3.8) is 0 Å². The summed E-state index contributed by atoms with van der Waals surface area (Å²) in [5.74, 6) is 2.76. The Morgan fingerprint density at radius 1 is 0.447 bits per heavy atom. The maximum absolute atomic E-state index is 15.0. The number of benzene rings is 6. The maximum atomic E-state index is 15.0. The molecule has 0 atom stereocenters. The van der Waals surface area contributed by atoms with E-state index in [-0.39, 0.29) is 0 Å². The van der Waals surface area contributed by atoms with Crippen LogP contribution in [0.15, 0.2) is 140 Å². The van der Waals surface area contributed by atoms with Crippen molar-refractivity contribution < 1.29 is 14.0 Å². The number of hydrogen-bond donors (Lipinski definition) is 0. The third-order valence-corrected chi connectivity index (χ3v) is 10.1. The Morgan fingerprint density at radius 3 is 1.68 bits per heavy atom. The van der Waals surface area contributed by atoms with Gasteiger partial charge < -0.3 is 14.0 Å². The van der Waals surface area contributed by atoms with Gasteiger partial charge in [-0.1, -0.05) is 115 Å². The number of fused-ring (bicyclic) bond motifs is 4. The third-order valence-electron chi connectivity index (χ3n) is 7.00. The highest BCUT2D eigenvalue weighted by Gasteiger charge is 2.30. The highest BCUT2D eigenvalue weighted by Crippen LogP contribution is 2.51. The van der Waals surface area contributed by atoms with Crippen LogP contribution >= 0.6 is 7.14 Å². The molecule has 0 amide bonds. The Labute approximate surface area is 221 Å². The lowest BCUT2D eigenvalue weighted by atomic mass is 9.96. The Hall–Kier alpha value is -4.59. The molecule has 6 aromatic rings. The summed E-state index contributed by atoms with van der Waals surface area (Å²) in [4.78, 5) is 0. The Kier molecular flexibility index (Phi) is 5.39. The van der Waals surface area contributed by atoms with Crippen molar-refractivity contribution in [1.82, 2.24) is 0 Å². The number of rotatable bonds is 4. The molecule has 3 nitrogen and oxygen atoms in total. The summed E-state index contributed by atoms with van der Waals surface area (Å²) in [6, 6.07) is 45.5. The molecular weight excluding hydrogens is 487 g/mol. The minimum absolute atomic E-state index is 0.664. The van der Waals surface area contributed by atoms with E-state index in [1.165, 1.54) is 0 Å². The van der Waals surface area contributed by atoms with Crippen LogP contribution in [0.1, 0.15) is 0 Å². The SMILES string of the molecule is O=P(c1ccccc1)(c1ccccc1)c1cccc(-c2cc3c(c4ccccc24)Oc2ccccc2O3)c1. The fraction of sp³-hybridized carbons (Fsp3) is 0. The van der Waals surface area contributed by atoms with Crippen molar-refractivity contribution in [2.45, 2.75) is 0 Å². The average Bonchev–Trinajstić information content (AvgIpc) is 3.00. The first-order valence-corrected chi connectivity index (χ1v) is 14.3. The number of para-hydroxylation sites is 2. The molecule has 182 valence electrons. The summed E-state index contributed by atoms with van der Waals surface area (Å²) in [5, 5.41) is 4.42. The largest absolute Gasteiger partial charge is 0.449 e. The van der Waals surface area contributed by atoms with Crippen LogP contribution in [0.4, 0.5) is 0 Å². The lowest BCUT2D eigenvalue weighted by molar-refractivity contribution is 0.363. The van der Waals surface area contributed by atoms with E-state index < -0.39 is 7.14 Å². The molecule has 38 heavy (non-hydrogen) atoms. The predicted octanol–water partition coefficient (Wildman–Crippen LogP) is 8.04. The van der Waals surface area contributed by atoms with Gasteiger partial charge in [-0.15, -0.1) is 0 Å². The topological polar surface area (TPSA) is 35.5 Å². The maximum Gasteiger partial charge on any atom is 0.177 e. The van der Waals surface area contributed by atoms with Crippen LogP contribution in [0.25, 0.3) is 21.9 Å². The Morgan fingerprint density at radius 2 is 1.00 bits per heavy atom. The quantitative estimate of drug-likeness (QED) is 0.225. The normalized spacial score (nSPS) is 12.2. The van der Waals surface area contributed by atoms with Gasteiger partial charge in [0.1, 0.15) is 0 Å². The van der Waals surface area contributed by atoms with Crippen molar-refractivity contribution in [2.75, 3.05) is 0 Å². The average molecular weight is 511 g/mol. The lowest BCUT2D eigenvalue weighted by Gasteiger charge is -2.24. The smallest absolute Gasteiger partial charge is 0.177 e. The van der Waals surface area contributed by atoms with Gasteiger partial charge in [-0.2, -0.15) is 0 Å². The molecule has 7 rings (SSSR count). The monoisotopic (exact) mass is 510 g/mol.